The molecule has 2 aliphatic rings. The molecule has 5 nitrogen and oxygen atoms in total. The predicted octanol–water partition coefficient (Wildman–Crippen LogP) is 2.79. The van der Waals surface area contributed by atoms with E-state index in [1.54, 1.807) is 0 Å². The Kier molecular flexibility index (Phi) is 4.57. The highest BCUT2D eigenvalue weighted by Gasteiger charge is 2.30. The summed E-state index contributed by atoms with van der Waals surface area (Å²) in [6, 6.07) is 8.35. The monoisotopic (exact) mass is 352 g/mol. The van der Waals surface area contributed by atoms with Gasteiger partial charge in [-0.2, -0.15) is 5.10 Å². The van der Waals surface area contributed by atoms with Crippen LogP contribution in [-0.2, 0) is 12.8 Å². The average molecular weight is 352 g/mol. The Bertz CT molecular complexity index is 800. The van der Waals surface area contributed by atoms with Gasteiger partial charge >= 0.3 is 0 Å². The number of nitrogens with one attached hydrogen (secondary N) is 2. The number of aryl methyl sites for hydroxylation is 1. The van der Waals surface area contributed by atoms with Crippen LogP contribution in [0.3, 0.4) is 0 Å². The van der Waals surface area contributed by atoms with Gasteiger partial charge in [0, 0.05) is 17.8 Å². The van der Waals surface area contributed by atoms with Crippen molar-refractivity contribution in [1.29, 1.82) is 0 Å². The van der Waals surface area contributed by atoms with Crippen LogP contribution in [0, 0.1) is 12.3 Å². The van der Waals surface area contributed by atoms with Crippen LogP contribution in [0.2, 0.25) is 0 Å². The van der Waals surface area contributed by atoms with E-state index >= 15 is 0 Å². The van der Waals surface area contributed by atoms with Gasteiger partial charge in [-0.05, 0) is 69.7 Å². The number of fused-ring (bicyclic) bond motifs is 1. The van der Waals surface area contributed by atoms with E-state index in [0.29, 0.717) is 5.69 Å². The maximum atomic E-state index is 12.9. The average Bonchev–Trinajstić information content (AvgIpc) is 3.24. The summed E-state index contributed by atoms with van der Waals surface area (Å²) in [7, 11) is 0. The number of carbonyl (C=O) groups excluding carboxylic acids is 1. The standard InChI is InChI=1S/C21H28N4O/c1-15-6-8-16(9-7-15)25-18-5-3-4-17(18)19(24-25)20(26)23-14-21(2)10-12-22-13-11-21/h6-9,22H,3-5,10-14H2,1-2H3,(H,23,26). The zero-order chi connectivity index (χ0) is 18.1. The molecule has 2 aromatic rings. The van der Waals surface area contributed by atoms with Gasteiger partial charge in [0.15, 0.2) is 5.69 Å². The van der Waals surface area contributed by atoms with Gasteiger partial charge in [-0.1, -0.05) is 24.6 Å². The first kappa shape index (κ1) is 17.3. The molecule has 4 rings (SSSR count). The zero-order valence-corrected chi connectivity index (χ0v) is 15.8. The lowest BCUT2D eigenvalue weighted by atomic mass is 9.81. The highest BCUT2D eigenvalue weighted by Crippen LogP contribution is 2.29. The van der Waals surface area contributed by atoms with E-state index < -0.39 is 0 Å². The van der Waals surface area contributed by atoms with Gasteiger partial charge in [0.2, 0.25) is 0 Å². The Morgan fingerprint density at radius 2 is 1.96 bits per heavy atom. The summed E-state index contributed by atoms with van der Waals surface area (Å²) >= 11 is 0. The van der Waals surface area contributed by atoms with E-state index in [1.165, 1.54) is 11.3 Å². The normalized spacial score (nSPS) is 18.5. The SMILES string of the molecule is Cc1ccc(-n2nc(C(=O)NCC3(C)CCNCC3)c3c2CCC3)cc1. The maximum Gasteiger partial charge on any atom is 0.272 e. The van der Waals surface area contributed by atoms with Crippen LogP contribution in [-0.4, -0.2) is 35.3 Å². The molecule has 26 heavy (non-hydrogen) atoms. The summed E-state index contributed by atoms with van der Waals surface area (Å²) in [5.74, 6) is -0.0197. The molecule has 1 aromatic heterocycles. The minimum atomic E-state index is -0.0197. The van der Waals surface area contributed by atoms with Gasteiger partial charge < -0.3 is 10.6 Å². The molecule has 2 heterocycles. The molecule has 1 amide bonds. The first-order valence-electron chi connectivity index (χ1n) is 9.72. The van der Waals surface area contributed by atoms with Crippen LogP contribution in [0.5, 0.6) is 0 Å². The van der Waals surface area contributed by atoms with Gasteiger partial charge in [-0.15, -0.1) is 0 Å². The van der Waals surface area contributed by atoms with E-state index in [-0.39, 0.29) is 11.3 Å². The number of hydrogen-bond acceptors (Lipinski definition) is 3. The van der Waals surface area contributed by atoms with Crippen LogP contribution >= 0.6 is 0 Å². The zero-order valence-electron chi connectivity index (χ0n) is 15.8. The second-order valence-corrected chi connectivity index (χ2v) is 8.12. The molecule has 0 spiro atoms. The third kappa shape index (κ3) is 3.28. The number of aromatic nitrogens is 2. The highest BCUT2D eigenvalue weighted by atomic mass is 16.2. The minimum absolute atomic E-state index is 0.0197. The van der Waals surface area contributed by atoms with E-state index in [0.717, 1.165) is 63.0 Å². The van der Waals surface area contributed by atoms with Crippen LogP contribution in [0.4, 0.5) is 0 Å². The molecule has 0 bridgehead atoms. The van der Waals surface area contributed by atoms with Gasteiger partial charge in [-0.25, -0.2) is 4.68 Å². The molecule has 5 heteroatoms. The summed E-state index contributed by atoms with van der Waals surface area (Å²) in [5, 5.41) is 11.3. The van der Waals surface area contributed by atoms with Gasteiger partial charge in [0.05, 0.1) is 5.69 Å². The topological polar surface area (TPSA) is 59.0 Å². The highest BCUT2D eigenvalue weighted by molar-refractivity contribution is 5.94. The third-order valence-electron chi connectivity index (χ3n) is 5.91. The largest absolute Gasteiger partial charge is 0.350 e. The molecule has 0 radical (unpaired) electrons. The lowest BCUT2D eigenvalue weighted by Crippen LogP contribution is -2.43. The van der Waals surface area contributed by atoms with Crippen molar-refractivity contribution in [3.05, 3.63) is 46.8 Å². The number of piperidine rings is 1. The molecule has 1 aromatic carbocycles. The molecule has 138 valence electrons. The molecule has 0 saturated carbocycles. The molecule has 1 aliphatic heterocycles. The van der Waals surface area contributed by atoms with E-state index in [4.69, 9.17) is 5.10 Å². The minimum Gasteiger partial charge on any atom is -0.350 e. The quantitative estimate of drug-likeness (QED) is 0.890. The number of nitrogens with zero attached hydrogens (tertiary/aromatic N) is 2. The Morgan fingerprint density at radius 1 is 1.23 bits per heavy atom. The number of rotatable bonds is 4. The predicted molar refractivity (Wildman–Crippen MR) is 103 cm³/mol. The molecule has 2 N–H and O–H groups in total. The molecule has 0 atom stereocenters. The number of amides is 1. The molecule has 0 unspecified atom stereocenters. The molecular weight excluding hydrogens is 324 g/mol. The Balaban J connectivity index is 1.56. The number of hydrogen-bond donors (Lipinski definition) is 2. The lowest BCUT2D eigenvalue weighted by molar-refractivity contribution is 0.0916. The molecular formula is C21H28N4O. The first-order chi connectivity index (χ1) is 12.6. The fourth-order valence-electron chi connectivity index (χ4n) is 4.10. The van der Waals surface area contributed by atoms with Crippen molar-refractivity contribution in [2.45, 2.75) is 46.0 Å². The van der Waals surface area contributed by atoms with Crippen molar-refractivity contribution >= 4 is 5.91 Å². The second kappa shape index (κ2) is 6.88. The fourth-order valence-corrected chi connectivity index (χ4v) is 4.10. The fraction of sp³-hybridized carbons (Fsp3) is 0.524. The van der Waals surface area contributed by atoms with E-state index in [1.807, 2.05) is 4.68 Å². The Hall–Kier alpha value is -2.14. The third-order valence-corrected chi connectivity index (χ3v) is 5.91. The Labute approximate surface area is 155 Å². The van der Waals surface area contributed by atoms with Crippen molar-refractivity contribution in [1.82, 2.24) is 20.4 Å². The maximum absolute atomic E-state index is 12.9. The van der Waals surface area contributed by atoms with Crippen molar-refractivity contribution in [3.63, 3.8) is 0 Å². The molecule has 1 fully saturated rings. The second-order valence-electron chi connectivity index (χ2n) is 8.12. The van der Waals surface area contributed by atoms with Crippen LogP contribution < -0.4 is 10.6 Å². The van der Waals surface area contributed by atoms with Crippen molar-refractivity contribution in [2.75, 3.05) is 19.6 Å². The van der Waals surface area contributed by atoms with Gasteiger partial charge in [0.1, 0.15) is 0 Å². The summed E-state index contributed by atoms with van der Waals surface area (Å²) in [6.45, 7) is 7.13. The number of carbonyl (C=O) groups is 1. The summed E-state index contributed by atoms with van der Waals surface area (Å²) in [5.41, 5.74) is 5.41. The van der Waals surface area contributed by atoms with E-state index in [2.05, 4.69) is 48.7 Å². The van der Waals surface area contributed by atoms with E-state index in [9.17, 15) is 4.79 Å². The van der Waals surface area contributed by atoms with Crippen molar-refractivity contribution in [3.8, 4) is 5.69 Å². The number of benzene rings is 1. The summed E-state index contributed by atoms with van der Waals surface area (Å²) < 4.78 is 1.98. The van der Waals surface area contributed by atoms with Crippen LogP contribution in [0.1, 0.15) is 53.5 Å². The Morgan fingerprint density at radius 3 is 2.69 bits per heavy atom. The summed E-state index contributed by atoms with van der Waals surface area (Å²) in [6.07, 6.45) is 5.24. The van der Waals surface area contributed by atoms with Gasteiger partial charge in [-0.3, -0.25) is 4.79 Å². The van der Waals surface area contributed by atoms with Crippen molar-refractivity contribution in [2.24, 2.45) is 5.41 Å². The van der Waals surface area contributed by atoms with Crippen LogP contribution in [0.15, 0.2) is 24.3 Å². The van der Waals surface area contributed by atoms with Crippen molar-refractivity contribution < 1.29 is 4.79 Å². The lowest BCUT2D eigenvalue weighted by Gasteiger charge is -2.34. The van der Waals surface area contributed by atoms with Crippen LogP contribution in [0.25, 0.3) is 5.69 Å². The smallest absolute Gasteiger partial charge is 0.272 e. The summed E-state index contributed by atoms with van der Waals surface area (Å²) in [4.78, 5) is 12.9. The molecule has 1 saturated heterocycles. The van der Waals surface area contributed by atoms with Gasteiger partial charge in [0.25, 0.3) is 5.91 Å². The molecule has 1 aliphatic carbocycles. The first-order valence-corrected chi connectivity index (χ1v) is 9.72.